The summed E-state index contributed by atoms with van der Waals surface area (Å²) in [4.78, 5) is 35.3. The van der Waals surface area contributed by atoms with Gasteiger partial charge in [-0.3, -0.25) is 9.59 Å². The summed E-state index contributed by atoms with van der Waals surface area (Å²) in [6.07, 6.45) is 2.58. The Morgan fingerprint density at radius 2 is 2.33 bits per heavy atom. The van der Waals surface area contributed by atoms with Crippen molar-refractivity contribution < 1.29 is 14.1 Å². The Balaban J connectivity index is 1.40. The fourth-order valence-corrected chi connectivity index (χ4v) is 4.35. The molecule has 1 fully saturated rings. The molecule has 0 spiro atoms. The van der Waals surface area contributed by atoms with Crippen molar-refractivity contribution >= 4 is 17.2 Å². The zero-order valence-corrected chi connectivity index (χ0v) is 17.6. The molecule has 0 saturated carbocycles. The van der Waals surface area contributed by atoms with E-state index in [4.69, 9.17) is 9.26 Å². The molecule has 9 heteroatoms. The zero-order chi connectivity index (χ0) is 20.9. The topological polar surface area (TPSA) is 101 Å². The van der Waals surface area contributed by atoms with Gasteiger partial charge in [-0.25, -0.2) is 4.98 Å². The number of carbonyl (C=O) groups is 1. The Kier molecular flexibility index (Phi) is 6.27. The Labute approximate surface area is 177 Å². The molecule has 1 amide bonds. The maximum atomic E-state index is 12.7. The second kappa shape index (κ2) is 9.25. The largest absolute Gasteiger partial charge is 0.476 e. The highest BCUT2D eigenvalue weighted by atomic mass is 32.1. The van der Waals surface area contributed by atoms with Crippen LogP contribution in [0.15, 0.2) is 39.0 Å². The van der Waals surface area contributed by atoms with Gasteiger partial charge in [-0.2, -0.15) is 0 Å². The molecule has 0 aliphatic carbocycles. The van der Waals surface area contributed by atoms with Gasteiger partial charge in [0.05, 0.1) is 17.2 Å². The average molecular weight is 429 g/mol. The molecular formula is C21H24N4O4S. The molecule has 3 aromatic rings. The van der Waals surface area contributed by atoms with Crippen LogP contribution in [0.5, 0.6) is 5.88 Å². The van der Waals surface area contributed by atoms with Crippen molar-refractivity contribution in [1.29, 1.82) is 0 Å². The summed E-state index contributed by atoms with van der Waals surface area (Å²) >= 11 is 1.55. The lowest BCUT2D eigenvalue weighted by Gasteiger charge is -2.32. The minimum absolute atomic E-state index is 0.0187. The third kappa shape index (κ3) is 4.79. The second-order valence-electron chi connectivity index (χ2n) is 7.24. The average Bonchev–Trinajstić information content (AvgIpc) is 3.44. The van der Waals surface area contributed by atoms with Gasteiger partial charge in [-0.05, 0) is 36.4 Å². The summed E-state index contributed by atoms with van der Waals surface area (Å²) in [5.74, 6) is 1.81. The highest BCUT2D eigenvalue weighted by Crippen LogP contribution is 2.27. The maximum absolute atomic E-state index is 12.7. The zero-order valence-electron chi connectivity index (χ0n) is 16.8. The van der Waals surface area contributed by atoms with Crippen LogP contribution < -0.4 is 10.3 Å². The van der Waals surface area contributed by atoms with Gasteiger partial charge in [-0.15, -0.1) is 11.3 Å². The molecule has 0 radical (unpaired) electrons. The van der Waals surface area contributed by atoms with E-state index in [2.05, 4.69) is 15.1 Å². The van der Waals surface area contributed by atoms with Crippen LogP contribution >= 0.6 is 11.3 Å². The number of amides is 1. The van der Waals surface area contributed by atoms with Gasteiger partial charge >= 0.3 is 0 Å². The molecule has 8 nitrogen and oxygen atoms in total. The van der Waals surface area contributed by atoms with Crippen molar-refractivity contribution in [2.24, 2.45) is 0 Å². The number of hydrogen-bond donors (Lipinski definition) is 1. The number of thiophene rings is 1. The molecule has 0 unspecified atom stereocenters. The van der Waals surface area contributed by atoms with Gasteiger partial charge in [0.15, 0.2) is 0 Å². The van der Waals surface area contributed by atoms with Crippen LogP contribution in [0.25, 0.3) is 10.6 Å². The van der Waals surface area contributed by atoms with E-state index >= 15 is 0 Å². The minimum atomic E-state index is -0.165. The predicted molar refractivity (Wildman–Crippen MR) is 113 cm³/mol. The normalized spacial score (nSPS) is 16.6. The molecule has 1 aliphatic rings. The lowest BCUT2D eigenvalue weighted by molar-refractivity contribution is -0.132. The van der Waals surface area contributed by atoms with Crippen molar-refractivity contribution in [1.82, 2.24) is 20.0 Å². The van der Waals surface area contributed by atoms with Crippen LogP contribution in [0.1, 0.15) is 43.7 Å². The summed E-state index contributed by atoms with van der Waals surface area (Å²) in [7, 11) is 0. The first-order valence-electron chi connectivity index (χ1n) is 10.1. The maximum Gasteiger partial charge on any atom is 0.254 e. The molecule has 30 heavy (non-hydrogen) atoms. The molecule has 0 aromatic carbocycles. The van der Waals surface area contributed by atoms with Crippen molar-refractivity contribution in [2.75, 3.05) is 19.7 Å². The Morgan fingerprint density at radius 3 is 3.13 bits per heavy atom. The third-order valence-electron chi connectivity index (χ3n) is 5.11. The fourth-order valence-electron chi connectivity index (χ4n) is 3.66. The molecule has 4 rings (SSSR count). The highest BCUT2D eigenvalue weighted by Gasteiger charge is 2.26. The van der Waals surface area contributed by atoms with Crippen LogP contribution in [-0.2, 0) is 11.2 Å². The summed E-state index contributed by atoms with van der Waals surface area (Å²) < 4.78 is 10.5. The van der Waals surface area contributed by atoms with Gasteiger partial charge in [0.2, 0.25) is 5.91 Å². The molecule has 1 N–H and O–H groups in total. The molecular weight excluding hydrogens is 404 g/mol. The Bertz CT molecular complexity index is 1040. The third-order valence-corrected chi connectivity index (χ3v) is 6.00. The number of rotatable bonds is 7. The van der Waals surface area contributed by atoms with E-state index in [0.29, 0.717) is 55.7 Å². The standard InChI is InChI=1S/C21H24N4O4S/c1-2-28-19-11-15(29-24-19)7-8-20(27)25-9-3-5-14(13-25)21-22-16(12-18(26)23-21)17-6-4-10-30-17/h4,6,10-12,14H,2-3,5,7-9,13H2,1H3,(H,22,23,26)/t14-/m1/s1. The van der Waals surface area contributed by atoms with Crippen LogP contribution in [0.4, 0.5) is 0 Å². The van der Waals surface area contributed by atoms with E-state index < -0.39 is 0 Å². The minimum Gasteiger partial charge on any atom is -0.476 e. The molecule has 1 saturated heterocycles. The molecule has 1 atom stereocenters. The summed E-state index contributed by atoms with van der Waals surface area (Å²) in [6.45, 7) is 3.66. The number of likely N-dealkylation sites (tertiary alicyclic amines) is 1. The first-order valence-corrected chi connectivity index (χ1v) is 11.0. The van der Waals surface area contributed by atoms with Gasteiger partial charge in [0, 0.05) is 44.0 Å². The number of nitrogens with one attached hydrogen (secondary N) is 1. The van der Waals surface area contributed by atoms with Gasteiger partial charge < -0.3 is 19.1 Å². The summed E-state index contributed by atoms with van der Waals surface area (Å²) in [5, 5.41) is 5.79. The number of H-pyrrole nitrogens is 1. The highest BCUT2D eigenvalue weighted by molar-refractivity contribution is 7.13. The molecule has 0 bridgehead atoms. The lowest BCUT2D eigenvalue weighted by Crippen LogP contribution is -2.40. The lowest BCUT2D eigenvalue weighted by atomic mass is 9.96. The summed E-state index contributed by atoms with van der Waals surface area (Å²) in [6, 6.07) is 7.14. The van der Waals surface area contributed by atoms with Gasteiger partial charge in [0.25, 0.3) is 11.4 Å². The van der Waals surface area contributed by atoms with Crippen LogP contribution in [0.3, 0.4) is 0 Å². The molecule has 3 aromatic heterocycles. The predicted octanol–water partition coefficient (Wildman–Crippen LogP) is 3.22. The van der Waals surface area contributed by atoms with Crippen molar-refractivity contribution in [3.8, 4) is 16.5 Å². The van der Waals surface area contributed by atoms with Crippen molar-refractivity contribution in [3.05, 3.63) is 51.6 Å². The Hall–Kier alpha value is -2.94. The smallest absolute Gasteiger partial charge is 0.254 e. The number of aryl methyl sites for hydroxylation is 1. The van der Waals surface area contributed by atoms with E-state index in [0.717, 1.165) is 17.7 Å². The SMILES string of the molecule is CCOc1cc(CCC(=O)N2CCC[C@@H](c3nc(-c4cccs4)cc(=O)[nH]3)C2)on1. The van der Waals surface area contributed by atoms with Crippen LogP contribution in [0, 0.1) is 0 Å². The number of piperidine rings is 1. The van der Waals surface area contributed by atoms with E-state index in [1.54, 1.807) is 17.4 Å². The molecule has 158 valence electrons. The fraction of sp³-hybridized carbons (Fsp3) is 0.429. The number of ether oxygens (including phenoxy) is 1. The number of aromatic amines is 1. The van der Waals surface area contributed by atoms with Gasteiger partial charge in [0.1, 0.15) is 11.6 Å². The molecule has 4 heterocycles. The quantitative estimate of drug-likeness (QED) is 0.620. The van der Waals surface area contributed by atoms with E-state index in [9.17, 15) is 9.59 Å². The summed E-state index contributed by atoms with van der Waals surface area (Å²) in [5.41, 5.74) is 0.518. The van der Waals surface area contributed by atoms with Crippen molar-refractivity contribution in [3.63, 3.8) is 0 Å². The van der Waals surface area contributed by atoms with E-state index in [1.807, 2.05) is 29.3 Å². The Morgan fingerprint density at radius 1 is 1.43 bits per heavy atom. The number of hydrogen-bond acceptors (Lipinski definition) is 7. The van der Waals surface area contributed by atoms with E-state index in [1.165, 1.54) is 6.07 Å². The van der Waals surface area contributed by atoms with E-state index in [-0.39, 0.29) is 17.4 Å². The van der Waals surface area contributed by atoms with Crippen molar-refractivity contribution in [2.45, 2.75) is 38.5 Å². The number of nitrogens with zero attached hydrogens (tertiary/aromatic N) is 3. The first kappa shape index (κ1) is 20.3. The first-order chi connectivity index (χ1) is 14.6. The van der Waals surface area contributed by atoms with Crippen LogP contribution in [0.2, 0.25) is 0 Å². The van der Waals surface area contributed by atoms with Crippen LogP contribution in [-0.4, -0.2) is 45.6 Å². The number of carbonyl (C=O) groups excluding carboxylic acids is 1. The van der Waals surface area contributed by atoms with Gasteiger partial charge in [-0.1, -0.05) is 6.07 Å². The number of aromatic nitrogens is 3. The monoisotopic (exact) mass is 428 g/mol. The second-order valence-corrected chi connectivity index (χ2v) is 8.18. The molecule has 1 aliphatic heterocycles.